The van der Waals surface area contributed by atoms with Gasteiger partial charge in [-0.1, -0.05) is 30.3 Å². The minimum Gasteiger partial charge on any atom is -0.481 e. The molecule has 1 aliphatic rings. The molecule has 6 nitrogen and oxygen atoms in total. The molecule has 1 aromatic heterocycles. The Morgan fingerprint density at radius 2 is 2.00 bits per heavy atom. The number of benzene rings is 1. The minimum absolute atomic E-state index is 0.137. The van der Waals surface area contributed by atoms with Gasteiger partial charge in [-0.15, -0.1) is 0 Å². The Hall–Kier alpha value is -2.76. The van der Waals surface area contributed by atoms with E-state index < -0.39 is 18.0 Å². The molecular formula is C18H19NO5. The molecule has 1 aliphatic heterocycles. The third kappa shape index (κ3) is 3.27. The molecular weight excluding hydrogens is 310 g/mol. The van der Waals surface area contributed by atoms with Crippen LogP contribution in [-0.4, -0.2) is 35.2 Å². The quantitative estimate of drug-likeness (QED) is 0.932. The zero-order valence-corrected chi connectivity index (χ0v) is 13.3. The zero-order valence-electron chi connectivity index (χ0n) is 13.3. The molecule has 1 N–H and O–H groups in total. The normalized spacial score (nSPS) is 20.1. The van der Waals surface area contributed by atoms with Gasteiger partial charge in [0, 0.05) is 19.0 Å². The first kappa shape index (κ1) is 16.1. The molecule has 2 atom stereocenters. The second-order valence-electron chi connectivity index (χ2n) is 5.93. The van der Waals surface area contributed by atoms with E-state index in [0.717, 1.165) is 11.1 Å². The molecule has 0 radical (unpaired) electrons. The summed E-state index contributed by atoms with van der Waals surface area (Å²) >= 11 is 0. The van der Waals surface area contributed by atoms with Gasteiger partial charge in [0.05, 0.1) is 12.2 Å². The Kier molecular flexibility index (Phi) is 4.55. The molecule has 24 heavy (non-hydrogen) atoms. The molecule has 0 bridgehead atoms. The van der Waals surface area contributed by atoms with Gasteiger partial charge in [-0.2, -0.15) is 0 Å². The summed E-state index contributed by atoms with van der Waals surface area (Å²) in [5.41, 5.74) is 1.72. The van der Waals surface area contributed by atoms with E-state index in [9.17, 15) is 14.7 Å². The maximum Gasteiger partial charge on any atom is 0.410 e. The number of furan rings is 1. The highest BCUT2D eigenvalue weighted by Crippen LogP contribution is 2.35. The number of rotatable bonds is 4. The summed E-state index contributed by atoms with van der Waals surface area (Å²) in [7, 11) is 0. The summed E-state index contributed by atoms with van der Waals surface area (Å²) in [6.07, 6.45) is 1.05. The number of amides is 1. The summed E-state index contributed by atoms with van der Waals surface area (Å²) in [5.74, 6) is -1.18. The lowest BCUT2D eigenvalue weighted by Gasteiger charge is -2.16. The van der Waals surface area contributed by atoms with E-state index in [1.165, 1.54) is 4.90 Å². The molecule has 126 valence electrons. The van der Waals surface area contributed by atoms with Crippen molar-refractivity contribution in [3.63, 3.8) is 0 Å². The van der Waals surface area contributed by atoms with Gasteiger partial charge < -0.3 is 19.2 Å². The first-order valence-corrected chi connectivity index (χ1v) is 7.78. The van der Waals surface area contributed by atoms with E-state index in [2.05, 4.69) is 0 Å². The average Bonchev–Trinajstić information content (AvgIpc) is 3.19. The van der Waals surface area contributed by atoms with Crippen molar-refractivity contribution in [2.24, 2.45) is 5.92 Å². The maximum atomic E-state index is 12.3. The Morgan fingerprint density at radius 1 is 1.25 bits per heavy atom. The number of carbonyl (C=O) groups is 2. The van der Waals surface area contributed by atoms with Crippen LogP contribution in [0.2, 0.25) is 0 Å². The average molecular weight is 329 g/mol. The highest BCUT2D eigenvalue weighted by Gasteiger charge is 2.42. The fourth-order valence-electron chi connectivity index (χ4n) is 3.11. The number of aliphatic carboxylic acids is 1. The third-order valence-electron chi connectivity index (χ3n) is 4.40. The maximum absolute atomic E-state index is 12.3. The number of carboxylic acid groups (broad SMARTS) is 1. The molecule has 0 aliphatic carbocycles. The van der Waals surface area contributed by atoms with Crippen LogP contribution in [0.5, 0.6) is 0 Å². The van der Waals surface area contributed by atoms with Crippen molar-refractivity contribution in [3.8, 4) is 0 Å². The summed E-state index contributed by atoms with van der Waals surface area (Å²) in [6, 6.07) is 11.1. The van der Waals surface area contributed by atoms with Crippen LogP contribution < -0.4 is 0 Å². The van der Waals surface area contributed by atoms with Crippen molar-refractivity contribution < 1.29 is 23.8 Å². The van der Waals surface area contributed by atoms with Crippen LogP contribution in [0.15, 0.2) is 47.1 Å². The van der Waals surface area contributed by atoms with Crippen molar-refractivity contribution in [1.29, 1.82) is 0 Å². The Balaban J connectivity index is 1.67. The molecule has 6 heteroatoms. The lowest BCUT2D eigenvalue weighted by Crippen LogP contribution is -2.30. The van der Waals surface area contributed by atoms with Crippen LogP contribution in [-0.2, 0) is 16.1 Å². The lowest BCUT2D eigenvalue weighted by molar-refractivity contribution is -0.141. The molecule has 2 aromatic rings. The van der Waals surface area contributed by atoms with E-state index >= 15 is 0 Å². The number of nitrogens with zero attached hydrogens (tertiary/aromatic N) is 1. The van der Waals surface area contributed by atoms with Crippen LogP contribution in [0.4, 0.5) is 4.79 Å². The lowest BCUT2D eigenvalue weighted by atomic mass is 9.89. The van der Waals surface area contributed by atoms with Gasteiger partial charge >= 0.3 is 12.1 Å². The van der Waals surface area contributed by atoms with E-state index in [1.807, 2.05) is 30.3 Å². The van der Waals surface area contributed by atoms with Gasteiger partial charge in [-0.25, -0.2) is 4.79 Å². The molecule has 1 amide bonds. The zero-order chi connectivity index (χ0) is 17.1. The molecule has 2 unspecified atom stereocenters. The van der Waals surface area contributed by atoms with Gasteiger partial charge in [-0.05, 0) is 24.1 Å². The Labute approximate surface area is 139 Å². The fraction of sp³-hybridized carbons (Fsp3) is 0.333. The summed E-state index contributed by atoms with van der Waals surface area (Å²) in [5, 5.41) is 9.47. The number of ether oxygens (including phenoxy) is 1. The van der Waals surface area contributed by atoms with Gasteiger partial charge in [0.2, 0.25) is 0 Å². The first-order valence-electron chi connectivity index (χ1n) is 7.78. The van der Waals surface area contributed by atoms with Crippen molar-refractivity contribution in [1.82, 2.24) is 4.90 Å². The van der Waals surface area contributed by atoms with Crippen LogP contribution in [0.25, 0.3) is 0 Å². The van der Waals surface area contributed by atoms with Crippen LogP contribution in [0.1, 0.15) is 22.8 Å². The third-order valence-corrected chi connectivity index (χ3v) is 4.40. The molecule has 2 heterocycles. The van der Waals surface area contributed by atoms with Crippen molar-refractivity contribution in [2.75, 3.05) is 13.1 Å². The number of likely N-dealkylation sites (tertiary alicyclic amines) is 1. The van der Waals surface area contributed by atoms with Gasteiger partial charge in [-0.3, -0.25) is 4.79 Å². The van der Waals surface area contributed by atoms with Gasteiger partial charge in [0.25, 0.3) is 0 Å². The van der Waals surface area contributed by atoms with Crippen LogP contribution >= 0.6 is 0 Å². The molecule has 1 saturated heterocycles. The van der Waals surface area contributed by atoms with Crippen molar-refractivity contribution in [2.45, 2.75) is 19.4 Å². The molecule has 0 spiro atoms. The summed E-state index contributed by atoms with van der Waals surface area (Å²) in [4.78, 5) is 25.3. The predicted molar refractivity (Wildman–Crippen MR) is 85.5 cm³/mol. The highest BCUT2D eigenvalue weighted by atomic mass is 16.6. The van der Waals surface area contributed by atoms with Crippen molar-refractivity contribution >= 4 is 12.1 Å². The SMILES string of the molecule is Cc1occc1C1CN(C(=O)OCc2ccccc2)CC1C(=O)O. The van der Waals surface area contributed by atoms with Crippen LogP contribution in [0, 0.1) is 12.8 Å². The fourth-order valence-corrected chi connectivity index (χ4v) is 3.11. The summed E-state index contributed by atoms with van der Waals surface area (Å²) in [6.45, 7) is 2.41. The second kappa shape index (κ2) is 6.78. The van der Waals surface area contributed by atoms with Gasteiger partial charge in [0.15, 0.2) is 0 Å². The number of carboxylic acids is 1. The Bertz CT molecular complexity index is 724. The first-order chi connectivity index (χ1) is 11.6. The van der Waals surface area contributed by atoms with Crippen molar-refractivity contribution in [3.05, 3.63) is 59.5 Å². The van der Waals surface area contributed by atoms with E-state index in [0.29, 0.717) is 12.3 Å². The predicted octanol–water partition coefficient (Wildman–Crippen LogP) is 3.02. The molecule has 1 fully saturated rings. The number of carbonyl (C=O) groups excluding carboxylic acids is 1. The highest BCUT2D eigenvalue weighted by molar-refractivity contribution is 5.75. The van der Waals surface area contributed by atoms with Gasteiger partial charge in [0.1, 0.15) is 12.4 Å². The monoisotopic (exact) mass is 329 g/mol. The molecule has 1 aromatic carbocycles. The number of hydrogen-bond donors (Lipinski definition) is 1. The summed E-state index contributed by atoms with van der Waals surface area (Å²) < 4.78 is 10.6. The van der Waals surface area contributed by atoms with E-state index in [-0.39, 0.29) is 19.1 Å². The standard InChI is InChI=1S/C18H19NO5/c1-12-14(7-8-23-12)15-9-19(10-16(15)17(20)21)18(22)24-11-13-5-3-2-4-6-13/h2-8,15-16H,9-11H2,1H3,(H,20,21). The second-order valence-corrected chi connectivity index (χ2v) is 5.93. The number of aryl methyl sites for hydroxylation is 1. The molecule has 3 rings (SSSR count). The Morgan fingerprint density at radius 3 is 2.62 bits per heavy atom. The van der Waals surface area contributed by atoms with Crippen LogP contribution in [0.3, 0.4) is 0 Å². The largest absolute Gasteiger partial charge is 0.481 e. The topological polar surface area (TPSA) is 80.0 Å². The van der Waals surface area contributed by atoms with E-state index in [1.54, 1.807) is 19.3 Å². The number of hydrogen-bond acceptors (Lipinski definition) is 4. The molecule has 0 saturated carbocycles. The van der Waals surface area contributed by atoms with E-state index in [4.69, 9.17) is 9.15 Å². The smallest absolute Gasteiger partial charge is 0.410 e. The minimum atomic E-state index is -0.918.